The van der Waals surface area contributed by atoms with E-state index < -0.39 is 5.82 Å². The highest BCUT2D eigenvalue weighted by Crippen LogP contribution is 2.26. The molecular formula is C12H9ClFN7. The van der Waals surface area contributed by atoms with Crippen molar-refractivity contribution < 1.29 is 4.39 Å². The number of nitrogens with one attached hydrogen (secondary N) is 1. The summed E-state index contributed by atoms with van der Waals surface area (Å²) < 4.78 is 14.8. The molecule has 0 saturated heterocycles. The highest BCUT2D eigenvalue weighted by Gasteiger charge is 2.13. The van der Waals surface area contributed by atoms with Crippen LogP contribution in [-0.4, -0.2) is 36.8 Å². The van der Waals surface area contributed by atoms with Gasteiger partial charge in [-0.2, -0.15) is 24.7 Å². The molecule has 0 spiro atoms. The molecule has 0 radical (unpaired) electrons. The summed E-state index contributed by atoms with van der Waals surface area (Å²) >= 11 is 6.08. The minimum Gasteiger partial charge on any atom is -0.357 e. The monoisotopic (exact) mass is 305 g/mol. The second kappa shape index (κ2) is 5.41. The molecule has 3 rings (SSSR count). The van der Waals surface area contributed by atoms with E-state index in [1.54, 1.807) is 7.05 Å². The Morgan fingerprint density at radius 2 is 2.10 bits per heavy atom. The van der Waals surface area contributed by atoms with Crippen LogP contribution in [0.1, 0.15) is 0 Å². The summed E-state index contributed by atoms with van der Waals surface area (Å²) in [5, 5.41) is 7.11. The zero-order chi connectivity index (χ0) is 14.8. The average molecular weight is 306 g/mol. The number of benzene rings is 1. The topological polar surface area (TPSA) is 81.4 Å². The lowest BCUT2D eigenvalue weighted by molar-refractivity contribution is 0.628. The van der Waals surface area contributed by atoms with Crippen LogP contribution in [-0.2, 0) is 0 Å². The lowest BCUT2D eigenvalue weighted by Gasteiger charge is -2.07. The van der Waals surface area contributed by atoms with Crippen molar-refractivity contribution in [3.63, 3.8) is 0 Å². The van der Waals surface area contributed by atoms with E-state index in [4.69, 9.17) is 11.6 Å². The molecule has 0 unspecified atom stereocenters. The highest BCUT2D eigenvalue weighted by molar-refractivity contribution is 6.33. The SMILES string of the molecule is CNc1nc(-c2cc(F)ccc2Cl)nc(-n2cncn2)n1. The molecule has 0 amide bonds. The number of hydrogen-bond donors (Lipinski definition) is 1. The van der Waals surface area contributed by atoms with Gasteiger partial charge in [-0.1, -0.05) is 11.6 Å². The molecule has 2 heterocycles. The Hall–Kier alpha value is -2.61. The lowest BCUT2D eigenvalue weighted by atomic mass is 10.2. The van der Waals surface area contributed by atoms with E-state index in [0.29, 0.717) is 16.5 Å². The van der Waals surface area contributed by atoms with Crippen LogP contribution in [0.5, 0.6) is 0 Å². The Balaban J connectivity index is 2.18. The molecule has 1 aromatic carbocycles. The van der Waals surface area contributed by atoms with Crippen LogP contribution in [0, 0.1) is 5.82 Å². The molecule has 1 N–H and O–H groups in total. The molecule has 0 aliphatic heterocycles. The maximum atomic E-state index is 13.4. The average Bonchev–Trinajstić information content (AvgIpc) is 3.03. The van der Waals surface area contributed by atoms with Gasteiger partial charge in [0, 0.05) is 12.6 Å². The highest BCUT2D eigenvalue weighted by atomic mass is 35.5. The van der Waals surface area contributed by atoms with Gasteiger partial charge in [0.2, 0.25) is 5.95 Å². The van der Waals surface area contributed by atoms with Crippen LogP contribution in [0.15, 0.2) is 30.9 Å². The van der Waals surface area contributed by atoms with Gasteiger partial charge in [-0.15, -0.1) is 0 Å². The fourth-order valence-electron chi connectivity index (χ4n) is 1.68. The van der Waals surface area contributed by atoms with Gasteiger partial charge < -0.3 is 5.32 Å². The van der Waals surface area contributed by atoms with Gasteiger partial charge >= 0.3 is 0 Å². The van der Waals surface area contributed by atoms with Crippen molar-refractivity contribution in [1.29, 1.82) is 0 Å². The molecule has 9 heteroatoms. The Kier molecular flexibility index (Phi) is 3.44. The van der Waals surface area contributed by atoms with E-state index in [9.17, 15) is 4.39 Å². The summed E-state index contributed by atoms with van der Waals surface area (Å²) in [5.74, 6) is 0.375. The van der Waals surface area contributed by atoms with Gasteiger partial charge in [-0.25, -0.2) is 9.37 Å². The summed E-state index contributed by atoms with van der Waals surface area (Å²) in [4.78, 5) is 16.4. The maximum absolute atomic E-state index is 13.4. The Bertz CT molecular complexity index is 775. The molecule has 0 aliphatic rings. The predicted octanol–water partition coefficient (Wildman–Crippen LogP) is 1.95. The molecule has 0 bridgehead atoms. The van der Waals surface area contributed by atoms with E-state index >= 15 is 0 Å². The van der Waals surface area contributed by atoms with Crippen molar-refractivity contribution in [3.8, 4) is 17.3 Å². The second-order valence-corrected chi connectivity index (χ2v) is 4.40. The van der Waals surface area contributed by atoms with Gasteiger partial charge in [0.05, 0.1) is 5.02 Å². The van der Waals surface area contributed by atoms with Crippen LogP contribution < -0.4 is 5.32 Å². The number of rotatable bonds is 3. The van der Waals surface area contributed by atoms with Crippen molar-refractivity contribution in [2.45, 2.75) is 0 Å². The first-order valence-corrected chi connectivity index (χ1v) is 6.29. The summed E-state index contributed by atoms with van der Waals surface area (Å²) in [7, 11) is 1.66. The molecule has 7 nitrogen and oxygen atoms in total. The first kappa shape index (κ1) is 13.4. The standard InChI is InChI=1S/C12H9ClFN7/c1-15-11-18-10(8-4-7(14)2-3-9(8)13)19-12(20-11)21-6-16-5-17-21/h2-6H,1H3,(H,15,18,19,20). The quantitative estimate of drug-likeness (QED) is 0.796. The zero-order valence-corrected chi connectivity index (χ0v) is 11.6. The van der Waals surface area contributed by atoms with Crippen molar-refractivity contribution in [2.24, 2.45) is 0 Å². The summed E-state index contributed by atoms with van der Waals surface area (Å²) in [6.07, 6.45) is 2.81. The minimum atomic E-state index is -0.428. The number of aromatic nitrogens is 6. The summed E-state index contributed by atoms with van der Waals surface area (Å²) in [6.45, 7) is 0. The first-order chi connectivity index (χ1) is 10.2. The van der Waals surface area contributed by atoms with E-state index in [-0.39, 0.29) is 11.8 Å². The van der Waals surface area contributed by atoms with Gasteiger partial charge in [-0.05, 0) is 18.2 Å². The number of anilines is 1. The molecule has 2 aromatic heterocycles. The van der Waals surface area contributed by atoms with Gasteiger partial charge in [0.25, 0.3) is 5.95 Å². The normalized spacial score (nSPS) is 10.6. The third-order valence-corrected chi connectivity index (χ3v) is 2.97. The Morgan fingerprint density at radius 3 is 2.81 bits per heavy atom. The van der Waals surface area contributed by atoms with E-state index in [1.165, 1.54) is 35.5 Å². The smallest absolute Gasteiger partial charge is 0.257 e. The number of nitrogens with zero attached hydrogens (tertiary/aromatic N) is 6. The Morgan fingerprint density at radius 1 is 1.24 bits per heavy atom. The molecule has 21 heavy (non-hydrogen) atoms. The third-order valence-electron chi connectivity index (χ3n) is 2.64. The van der Waals surface area contributed by atoms with Crippen LogP contribution >= 0.6 is 11.6 Å². The van der Waals surface area contributed by atoms with Crippen LogP contribution in [0.2, 0.25) is 5.02 Å². The number of hydrogen-bond acceptors (Lipinski definition) is 6. The largest absolute Gasteiger partial charge is 0.357 e. The van der Waals surface area contributed by atoms with Gasteiger partial charge in [0.1, 0.15) is 18.5 Å². The maximum Gasteiger partial charge on any atom is 0.257 e. The molecular weight excluding hydrogens is 297 g/mol. The molecule has 3 aromatic rings. The summed E-state index contributed by atoms with van der Waals surface area (Å²) in [5.41, 5.74) is 0.372. The van der Waals surface area contributed by atoms with E-state index in [0.717, 1.165) is 0 Å². The predicted molar refractivity (Wildman–Crippen MR) is 74.7 cm³/mol. The fraction of sp³-hybridized carbons (Fsp3) is 0.0833. The first-order valence-electron chi connectivity index (χ1n) is 5.91. The number of halogens is 2. The van der Waals surface area contributed by atoms with Crippen LogP contribution in [0.3, 0.4) is 0 Å². The fourth-order valence-corrected chi connectivity index (χ4v) is 1.88. The third kappa shape index (κ3) is 2.65. The van der Waals surface area contributed by atoms with Crippen molar-refractivity contribution in [1.82, 2.24) is 29.7 Å². The molecule has 106 valence electrons. The second-order valence-electron chi connectivity index (χ2n) is 4.00. The van der Waals surface area contributed by atoms with Crippen molar-refractivity contribution >= 4 is 17.5 Å². The van der Waals surface area contributed by atoms with Gasteiger partial charge in [-0.3, -0.25) is 0 Å². The molecule has 0 atom stereocenters. The Labute approximate surface area is 123 Å². The molecule has 0 fully saturated rings. The minimum absolute atomic E-state index is 0.240. The van der Waals surface area contributed by atoms with Gasteiger partial charge in [0.15, 0.2) is 5.82 Å². The summed E-state index contributed by atoms with van der Waals surface area (Å²) in [6, 6.07) is 3.98. The molecule has 0 aliphatic carbocycles. The molecule has 0 saturated carbocycles. The zero-order valence-electron chi connectivity index (χ0n) is 10.8. The van der Waals surface area contributed by atoms with Crippen LogP contribution in [0.4, 0.5) is 10.3 Å². The van der Waals surface area contributed by atoms with E-state index in [2.05, 4.69) is 30.4 Å². The van der Waals surface area contributed by atoms with Crippen LogP contribution in [0.25, 0.3) is 17.3 Å². The van der Waals surface area contributed by atoms with E-state index in [1.807, 2.05) is 0 Å². The van der Waals surface area contributed by atoms with Crippen molar-refractivity contribution in [3.05, 3.63) is 41.7 Å². The van der Waals surface area contributed by atoms with Crippen molar-refractivity contribution in [2.75, 3.05) is 12.4 Å². The lowest BCUT2D eigenvalue weighted by Crippen LogP contribution is -2.08.